The number of benzene rings is 1. The number of carbonyl (C=O) groups is 1. The van der Waals surface area contributed by atoms with E-state index in [1.807, 2.05) is 36.9 Å². The van der Waals surface area contributed by atoms with Crippen LogP contribution < -0.4 is 5.32 Å². The predicted octanol–water partition coefficient (Wildman–Crippen LogP) is 3.45. The van der Waals surface area contributed by atoms with Gasteiger partial charge in [0.25, 0.3) is 0 Å². The first kappa shape index (κ1) is 16.5. The number of nitrogens with zero attached hydrogens (tertiary/aromatic N) is 1. The van der Waals surface area contributed by atoms with Gasteiger partial charge in [0.15, 0.2) is 0 Å². The van der Waals surface area contributed by atoms with Crippen LogP contribution in [0.4, 0.5) is 0 Å². The van der Waals surface area contributed by atoms with Gasteiger partial charge in [-0.1, -0.05) is 33.6 Å². The number of hydrogen-bond acceptors (Lipinski definition) is 2. The lowest BCUT2D eigenvalue weighted by Gasteiger charge is -2.18. The molecule has 3 nitrogen and oxygen atoms in total. The highest BCUT2D eigenvalue weighted by Gasteiger charge is 2.08. The van der Waals surface area contributed by atoms with Crippen LogP contribution >= 0.6 is 27.5 Å². The molecule has 5 heteroatoms. The second-order valence-corrected chi connectivity index (χ2v) is 5.55. The Morgan fingerprint density at radius 3 is 2.63 bits per heavy atom. The topological polar surface area (TPSA) is 32.3 Å². The molecule has 0 aliphatic carbocycles. The van der Waals surface area contributed by atoms with Crippen molar-refractivity contribution in [1.82, 2.24) is 10.2 Å². The zero-order valence-corrected chi connectivity index (χ0v) is 13.7. The normalized spacial score (nSPS) is 10.5. The van der Waals surface area contributed by atoms with Gasteiger partial charge in [-0.2, -0.15) is 0 Å². The molecule has 0 fully saturated rings. The standard InChI is InChI=1S/C14H20BrClN2O/c1-3-18(4-2)14(19)7-8-17-10-11-5-6-12(15)9-13(11)16/h5-6,9,17H,3-4,7-8,10H2,1-2H3. The summed E-state index contributed by atoms with van der Waals surface area (Å²) in [7, 11) is 0. The molecular weight excluding hydrogens is 328 g/mol. The lowest BCUT2D eigenvalue weighted by molar-refractivity contribution is -0.130. The Morgan fingerprint density at radius 2 is 2.05 bits per heavy atom. The van der Waals surface area contributed by atoms with Gasteiger partial charge in [0, 0.05) is 42.1 Å². The van der Waals surface area contributed by atoms with Gasteiger partial charge in [-0.25, -0.2) is 0 Å². The third-order valence-electron chi connectivity index (χ3n) is 2.96. The fraction of sp³-hybridized carbons (Fsp3) is 0.500. The largest absolute Gasteiger partial charge is 0.343 e. The van der Waals surface area contributed by atoms with Gasteiger partial charge in [-0.3, -0.25) is 4.79 Å². The van der Waals surface area contributed by atoms with Gasteiger partial charge in [0.2, 0.25) is 5.91 Å². The highest BCUT2D eigenvalue weighted by Crippen LogP contribution is 2.21. The SMILES string of the molecule is CCN(CC)C(=O)CCNCc1ccc(Br)cc1Cl. The van der Waals surface area contributed by atoms with Crippen LogP contribution in [-0.4, -0.2) is 30.4 Å². The Kier molecular flexibility index (Phi) is 7.42. The molecule has 106 valence electrons. The van der Waals surface area contributed by atoms with E-state index < -0.39 is 0 Å². The molecule has 1 aromatic carbocycles. The van der Waals surface area contributed by atoms with Crippen molar-refractivity contribution in [2.45, 2.75) is 26.8 Å². The van der Waals surface area contributed by atoms with Crippen LogP contribution in [0.15, 0.2) is 22.7 Å². The Balaban J connectivity index is 2.33. The Labute approximate surface area is 128 Å². The molecule has 1 aromatic rings. The maximum Gasteiger partial charge on any atom is 0.223 e. The molecule has 0 saturated heterocycles. The summed E-state index contributed by atoms with van der Waals surface area (Å²) in [4.78, 5) is 13.6. The monoisotopic (exact) mass is 346 g/mol. The molecule has 0 radical (unpaired) electrons. The summed E-state index contributed by atoms with van der Waals surface area (Å²) in [6.07, 6.45) is 0.524. The molecule has 0 aliphatic heterocycles. The first-order chi connectivity index (χ1) is 9.08. The Hall–Kier alpha value is -0.580. The third kappa shape index (κ3) is 5.51. The van der Waals surface area contributed by atoms with Crippen LogP contribution in [0.2, 0.25) is 5.02 Å². The van der Waals surface area contributed by atoms with Gasteiger partial charge in [0.05, 0.1) is 0 Å². The molecule has 0 spiro atoms. The van der Waals surface area contributed by atoms with Gasteiger partial charge in [-0.15, -0.1) is 0 Å². The van der Waals surface area contributed by atoms with E-state index in [9.17, 15) is 4.79 Å². The molecule has 0 aromatic heterocycles. The minimum atomic E-state index is 0.194. The lowest BCUT2D eigenvalue weighted by atomic mass is 10.2. The van der Waals surface area contributed by atoms with E-state index in [0.717, 1.165) is 28.1 Å². The minimum Gasteiger partial charge on any atom is -0.343 e. The lowest BCUT2D eigenvalue weighted by Crippen LogP contribution is -2.32. The van der Waals surface area contributed by atoms with Gasteiger partial charge in [-0.05, 0) is 31.5 Å². The van der Waals surface area contributed by atoms with Gasteiger partial charge >= 0.3 is 0 Å². The second kappa shape index (κ2) is 8.56. The summed E-state index contributed by atoms with van der Waals surface area (Å²) in [5, 5.41) is 3.98. The van der Waals surface area contributed by atoms with Crippen molar-refractivity contribution >= 4 is 33.4 Å². The maximum atomic E-state index is 11.8. The van der Waals surface area contributed by atoms with Gasteiger partial charge < -0.3 is 10.2 Å². The number of carbonyl (C=O) groups excluding carboxylic acids is 1. The molecule has 0 unspecified atom stereocenters. The van der Waals surface area contributed by atoms with E-state index in [1.165, 1.54) is 0 Å². The molecule has 0 atom stereocenters. The molecule has 1 N–H and O–H groups in total. The number of amides is 1. The summed E-state index contributed by atoms with van der Waals surface area (Å²) in [6, 6.07) is 5.81. The van der Waals surface area contributed by atoms with Crippen molar-refractivity contribution in [2.24, 2.45) is 0 Å². The zero-order valence-electron chi connectivity index (χ0n) is 11.4. The van der Waals surface area contributed by atoms with Crippen LogP contribution in [0.5, 0.6) is 0 Å². The Morgan fingerprint density at radius 1 is 1.37 bits per heavy atom. The van der Waals surface area contributed by atoms with Crippen molar-refractivity contribution < 1.29 is 4.79 Å². The van der Waals surface area contributed by atoms with E-state index in [-0.39, 0.29) is 5.91 Å². The van der Waals surface area contributed by atoms with E-state index in [2.05, 4.69) is 21.2 Å². The van der Waals surface area contributed by atoms with Crippen molar-refractivity contribution in [1.29, 1.82) is 0 Å². The zero-order chi connectivity index (χ0) is 14.3. The average Bonchev–Trinajstić information content (AvgIpc) is 2.38. The van der Waals surface area contributed by atoms with Crippen molar-refractivity contribution in [3.63, 3.8) is 0 Å². The summed E-state index contributed by atoms with van der Waals surface area (Å²) in [5.74, 6) is 0.194. The van der Waals surface area contributed by atoms with E-state index in [0.29, 0.717) is 19.5 Å². The molecule has 0 heterocycles. The molecule has 1 amide bonds. The predicted molar refractivity (Wildman–Crippen MR) is 83.4 cm³/mol. The van der Waals surface area contributed by atoms with Crippen LogP contribution in [0.3, 0.4) is 0 Å². The number of nitrogens with one attached hydrogen (secondary N) is 1. The highest BCUT2D eigenvalue weighted by molar-refractivity contribution is 9.10. The highest BCUT2D eigenvalue weighted by atomic mass is 79.9. The first-order valence-corrected chi connectivity index (χ1v) is 7.68. The smallest absolute Gasteiger partial charge is 0.223 e. The summed E-state index contributed by atoms with van der Waals surface area (Å²) >= 11 is 9.50. The van der Waals surface area contributed by atoms with Crippen molar-refractivity contribution in [3.8, 4) is 0 Å². The number of halogens is 2. The Bertz CT molecular complexity index is 422. The van der Waals surface area contributed by atoms with Crippen LogP contribution in [0, 0.1) is 0 Å². The first-order valence-electron chi connectivity index (χ1n) is 6.50. The summed E-state index contributed by atoms with van der Waals surface area (Å²) in [6.45, 7) is 6.88. The van der Waals surface area contributed by atoms with Crippen LogP contribution in [0.25, 0.3) is 0 Å². The fourth-order valence-electron chi connectivity index (χ4n) is 1.82. The summed E-state index contributed by atoms with van der Waals surface area (Å²) < 4.78 is 0.970. The van der Waals surface area contributed by atoms with Crippen LogP contribution in [0.1, 0.15) is 25.8 Å². The average molecular weight is 348 g/mol. The van der Waals surface area contributed by atoms with E-state index in [4.69, 9.17) is 11.6 Å². The molecule has 0 aliphatic rings. The van der Waals surface area contributed by atoms with Gasteiger partial charge in [0.1, 0.15) is 0 Å². The molecule has 0 bridgehead atoms. The fourth-order valence-corrected chi connectivity index (χ4v) is 2.56. The van der Waals surface area contributed by atoms with Crippen molar-refractivity contribution in [3.05, 3.63) is 33.3 Å². The molecular formula is C14H20BrClN2O. The molecule has 19 heavy (non-hydrogen) atoms. The quantitative estimate of drug-likeness (QED) is 0.766. The van der Waals surface area contributed by atoms with Crippen molar-refractivity contribution in [2.75, 3.05) is 19.6 Å². The van der Waals surface area contributed by atoms with E-state index >= 15 is 0 Å². The minimum absolute atomic E-state index is 0.194. The summed E-state index contributed by atoms with van der Waals surface area (Å²) in [5.41, 5.74) is 1.04. The number of hydrogen-bond donors (Lipinski definition) is 1. The molecule has 0 saturated carbocycles. The molecule has 1 rings (SSSR count). The third-order valence-corrected chi connectivity index (χ3v) is 3.81. The second-order valence-electron chi connectivity index (χ2n) is 4.23. The maximum absolute atomic E-state index is 11.8. The number of rotatable bonds is 7. The van der Waals surface area contributed by atoms with Crippen LogP contribution in [-0.2, 0) is 11.3 Å². The van der Waals surface area contributed by atoms with E-state index in [1.54, 1.807) is 0 Å².